The second kappa shape index (κ2) is 7.33. The molecule has 2 bridgehead atoms. The molecule has 8 heteroatoms. The molecule has 2 aliphatic heterocycles. The van der Waals surface area contributed by atoms with Crippen molar-refractivity contribution in [3.05, 3.63) is 29.2 Å². The van der Waals surface area contributed by atoms with Gasteiger partial charge in [-0.2, -0.15) is 5.10 Å². The van der Waals surface area contributed by atoms with E-state index in [2.05, 4.69) is 29.2 Å². The molecule has 2 aromatic heterocycles. The number of aromatic nitrogens is 3. The van der Waals surface area contributed by atoms with Gasteiger partial charge in [0.25, 0.3) is 0 Å². The van der Waals surface area contributed by atoms with Crippen LogP contribution in [0.25, 0.3) is 11.1 Å². The van der Waals surface area contributed by atoms with Gasteiger partial charge in [-0.3, -0.25) is 14.3 Å². The number of nitrogens with one attached hydrogen (secondary N) is 1. The van der Waals surface area contributed by atoms with Crippen molar-refractivity contribution in [1.29, 1.82) is 0 Å². The summed E-state index contributed by atoms with van der Waals surface area (Å²) in [5.41, 5.74) is 3.20. The fraction of sp³-hybridized carbons (Fsp3) is 0.565. The maximum Gasteiger partial charge on any atom is 0.225 e. The van der Waals surface area contributed by atoms with Gasteiger partial charge >= 0.3 is 0 Å². The fourth-order valence-corrected chi connectivity index (χ4v) is 5.92. The molecule has 1 saturated carbocycles. The van der Waals surface area contributed by atoms with E-state index in [0.717, 1.165) is 43.5 Å². The zero-order valence-corrected chi connectivity index (χ0v) is 18.9. The molecule has 4 heterocycles. The van der Waals surface area contributed by atoms with Gasteiger partial charge in [0.2, 0.25) is 11.8 Å². The lowest BCUT2D eigenvalue weighted by Crippen LogP contribution is -2.39. The van der Waals surface area contributed by atoms with Gasteiger partial charge in [-0.25, -0.2) is 4.98 Å². The summed E-state index contributed by atoms with van der Waals surface area (Å²) in [6.07, 6.45) is 6.78. The number of pyridine rings is 1. The van der Waals surface area contributed by atoms with Gasteiger partial charge in [0.15, 0.2) is 0 Å². The van der Waals surface area contributed by atoms with Crippen LogP contribution in [0.4, 0.5) is 5.82 Å². The molecule has 31 heavy (non-hydrogen) atoms. The summed E-state index contributed by atoms with van der Waals surface area (Å²) in [5, 5.41) is 8.04. The Kier molecular flexibility index (Phi) is 4.84. The van der Waals surface area contributed by atoms with E-state index in [4.69, 9.17) is 11.6 Å². The van der Waals surface area contributed by atoms with Crippen molar-refractivity contribution in [3.8, 4) is 11.1 Å². The average molecular weight is 442 g/mol. The van der Waals surface area contributed by atoms with Gasteiger partial charge in [0, 0.05) is 55.5 Å². The van der Waals surface area contributed by atoms with Crippen molar-refractivity contribution >= 4 is 29.2 Å². The summed E-state index contributed by atoms with van der Waals surface area (Å²) in [6.45, 7) is 7.76. The number of carbonyl (C=O) groups is 2. The topological polar surface area (TPSA) is 80.1 Å². The number of halogens is 1. The molecule has 3 aliphatic rings. The van der Waals surface area contributed by atoms with E-state index in [-0.39, 0.29) is 17.2 Å². The number of nitrogens with zero attached hydrogens (tertiary/aromatic N) is 4. The summed E-state index contributed by atoms with van der Waals surface area (Å²) < 4.78 is 2.05. The van der Waals surface area contributed by atoms with E-state index in [0.29, 0.717) is 35.1 Å². The molecule has 1 saturated heterocycles. The third kappa shape index (κ3) is 3.73. The zero-order valence-electron chi connectivity index (χ0n) is 18.2. The maximum atomic E-state index is 12.7. The second-order valence-corrected chi connectivity index (χ2v) is 10.5. The Morgan fingerprint density at radius 3 is 2.77 bits per heavy atom. The number of fused-ring (bicyclic) bond motifs is 3. The van der Waals surface area contributed by atoms with Crippen molar-refractivity contribution < 1.29 is 9.59 Å². The minimum absolute atomic E-state index is 0.0333. The Morgan fingerprint density at radius 2 is 2.06 bits per heavy atom. The molecule has 1 N–H and O–H groups in total. The maximum absolute atomic E-state index is 12.7. The Labute approximate surface area is 187 Å². The first kappa shape index (κ1) is 20.5. The number of likely N-dealkylation sites (tertiary alicyclic amines) is 1. The first-order chi connectivity index (χ1) is 14.7. The Hall–Kier alpha value is -2.41. The number of hydrogen-bond acceptors (Lipinski definition) is 4. The normalized spacial score (nSPS) is 25.7. The third-order valence-electron chi connectivity index (χ3n) is 7.13. The molecule has 2 fully saturated rings. The van der Waals surface area contributed by atoms with E-state index in [1.807, 2.05) is 21.8 Å². The summed E-state index contributed by atoms with van der Waals surface area (Å²) in [7, 11) is 0. The van der Waals surface area contributed by atoms with Crippen LogP contribution in [-0.2, 0) is 22.6 Å². The minimum Gasteiger partial charge on any atom is -0.340 e. The molecule has 3 atom stereocenters. The van der Waals surface area contributed by atoms with E-state index < -0.39 is 0 Å². The number of hydrogen-bond donors (Lipinski definition) is 1. The zero-order chi connectivity index (χ0) is 21.9. The van der Waals surface area contributed by atoms with Crippen LogP contribution in [0.15, 0.2) is 18.5 Å². The molecule has 0 unspecified atom stereocenters. The molecule has 7 nitrogen and oxygen atoms in total. The van der Waals surface area contributed by atoms with Gasteiger partial charge in [0.1, 0.15) is 5.82 Å². The predicted octanol–water partition coefficient (Wildman–Crippen LogP) is 3.77. The number of amides is 2. The first-order valence-corrected chi connectivity index (χ1v) is 11.4. The van der Waals surface area contributed by atoms with E-state index in [1.54, 1.807) is 13.1 Å². The lowest BCUT2D eigenvalue weighted by molar-refractivity contribution is -0.130. The number of anilines is 1. The van der Waals surface area contributed by atoms with Crippen LogP contribution in [0.5, 0.6) is 0 Å². The molecular formula is C23H28ClN5O2. The Balaban J connectivity index is 1.28. The lowest BCUT2D eigenvalue weighted by atomic mass is 9.89. The Bertz CT molecular complexity index is 1060. The Morgan fingerprint density at radius 1 is 1.26 bits per heavy atom. The molecule has 0 spiro atoms. The van der Waals surface area contributed by atoms with Gasteiger partial charge in [0.05, 0.1) is 11.2 Å². The quantitative estimate of drug-likeness (QED) is 0.783. The van der Waals surface area contributed by atoms with Crippen molar-refractivity contribution in [2.75, 3.05) is 11.9 Å². The van der Waals surface area contributed by atoms with E-state index in [1.165, 1.54) is 5.69 Å². The molecule has 5 rings (SSSR count). The highest BCUT2D eigenvalue weighted by atomic mass is 35.5. The third-order valence-corrected chi connectivity index (χ3v) is 7.43. The van der Waals surface area contributed by atoms with Gasteiger partial charge in [-0.05, 0) is 42.6 Å². The molecule has 164 valence electrons. The first-order valence-electron chi connectivity index (χ1n) is 11.0. The molecule has 2 amide bonds. The van der Waals surface area contributed by atoms with Crippen molar-refractivity contribution in [2.45, 2.75) is 59.0 Å². The smallest absolute Gasteiger partial charge is 0.225 e. The second-order valence-electron chi connectivity index (χ2n) is 10.1. The molecular weight excluding hydrogens is 414 g/mol. The van der Waals surface area contributed by atoms with Crippen molar-refractivity contribution in [1.82, 2.24) is 19.7 Å². The summed E-state index contributed by atoms with van der Waals surface area (Å²) in [5.74, 6) is 1.37. The molecule has 0 aromatic carbocycles. The minimum atomic E-state index is -0.0333. The predicted molar refractivity (Wildman–Crippen MR) is 119 cm³/mol. The van der Waals surface area contributed by atoms with Crippen LogP contribution in [-0.4, -0.2) is 44.1 Å². The lowest BCUT2D eigenvalue weighted by Gasteiger charge is -2.30. The number of piperidine rings is 1. The van der Waals surface area contributed by atoms with Crippen LogP contribution < -0.4 is 5.32 Å². The fourth-order valence-electron chi connectivity index (χ4n) is 5.71. The highest BCUT2D eigenvalue weighted by molar-refractivity contribution is 6.33. The summed E-state index contributed by atoms with van der Waals surface area (Å²) in [4.78, 5) is 30.7. The highest BCUT2D eigenvalue weighted by Gasteiger charge is 2.45. The van der Waals surface area contributed by atoms with Crippen LogP contribution in [0.3, 0.4) is 0 Å². The molecule has 2 aromatic rings. The number of rotatable bonds is 4. The summed E-state index contributed by atoms with van der Waals surface area (Å²) >= 11 is 6.47. The molecule has 1 aliphatic carbocycles. The van der Waals surface area contributed by atoms with Gasteiger partial charge < -0.3 is 10.2 Å². The van der Waals surface area contributed by atoms with Gasteiger partial charge in [-0.15, -0.1) is 0 Å². The SMILES string of the molecule is CC(=O)N1C[C@@H]2C[C@H]1C[C@H]2CC(=O)Nc1cc(-c2cnn3c2CC(C)(C)C3)c(Cl)cn1. The van der Waals surface area contributed by atoms with Gasteiger partial charge in [-0.1, -0.05) is 25.4 Å². The number of carbonyl (C=O) groups excluding carboxylic acids is 2. The molecule has 0 radical (unpaired) electrons. The van der Waals surface area contributed by atoms with Crippen molar-refractivity contribution in [3.63, 3.8) is 0 Å². The van der Waals surface area contributed by atoms with Crippen LogP contribution in [0.1, 0.15) is 45.7 Å². The van der Waals surface area contributed by atoms with E-state index in [9.17, 15) is 9.59 Å². The van der Waals surface area contributed by atoms with E-state index >= 15 is 0 Å². The van der Waals surface area contributed by atoms with Crippen LogP contribution >= 0.6 is 11.6 Å². The van der Waals surface area contributed by atoms with Crippen molar-refractivity contribution in [2.24, 2.45) is 17.3 Å². The average Bonchev–Trinajstić information content (AvgIpc) is 3.42. The standard InChI is InChI=1S/C23H28ClN5O2/c1-13(30)28-11-15-5-16(28)4-14(15)6-22(31)27-21-7-17(19(24)10-25-21)18-9-26-29-12-23(2,3)8-20(18)29/h7,9-10,14-16H,4-6,8,11-12H2,1-3H3,(H,25,27,31)/t14-,15-,16+/m0/s1. The summed E-state index contributed by atoms with van der Waals surface area (Å²) in [6, 6.07) is 2.15. The largest absolute Gasteiger partial charge is 0.340 e. The monoisotopic (exact) mass is 441 g/mol. The van der Waals surface area contributed by atoms with Crippen LogP contribution in [0, 0.1) is 17.3 Å². The highest BCUT2D eigenvalue weighted by Crippen LogP contribution is 2.44. The van der Waals surface area contributed by atoms with Crippen LogP contribution in [0.2, 0.25) is 5.02 Å².